The van der Waals surface area contributed by atoms with Crippen LogP contribution in [0, 0.1) is 23.6 Å². The molecule has 5 nitrogen and oxygen atoms in total. The van der Waals surface area contributed by atoms with E-state index in [0.717, 1.165) is 19.3 Å². The van der Waals surface area contributed by atoms with Gasteiger partial charge in [0.05, 0.1) is 17.8 Å². The highest BCUT2D eigenvalue weighted by Crippen LogP contribution is 2.47. The molecule has 1 amide bonds. The standard InChI is InChI=1S/C19H20FN3O2/c20-13-3-6-15(7-4-13)25-16-8-5-14(10-22-16)23-19(24)17-11-1-2-12(9-11)18(17)21/h3-8,10-12,17-18H,1-2,9,21H2,(H,23,24). The van der Waals surface area contributed by atoms with Crippen LogP contribution < -0.4 is 15.8 Å². The number of nitrogens with zero attached hydrogens (tertiary/aromatic N) is 1. The van der Waals surface area contributed by atoms with Gasteiger partial charge in [0, 0.05) is 12.1 Å². The number of fused-ring (bicyclic) bond motifs is 2. The van der Waals surface area contributed by atoms with Crippen LogP contribution in [0.2, 0.25) is 0 Å². The average Bonchev–Trinajstić information content (AvgIpc) is 3.20. The van der Waals surface area contributed by atoms with Gasteiger partial charge >= 0.3 is 0 Å². The Labute approximate surface area is 145 Å². The minimum Gasteiger partial charge on any atom is -0.439 e. The van der Waals surface area contributed by atoms with Crippen molar-refractivity contribution in [3.63, 3.8) is 0 Å². The maximum atomic E-state index is 12.9. The summed E-state index contributed by atoms with van der Waals surface area (Å²) in [6, 6.07) is 9.08. The van der Waals surface area contributed by atoms with Gasteiger partial charge < -0.3 is 15.8 Å². The van der Waals surface area contributed by atoms with E-state index in [1.54, 1.807) is 18.3 Å². The van der Waals surface area contributed by atoms with Crippen molar-refractivity contribution in [2.75, 3.05) is 5.32 Å². The number of hydrogen-bond donors (Lipinski definition) is 2. The zero-order valence-electron chi connectivity index (χ0n) is 13.7. The van der Waals surface area contributed by atoms with Crippen LogP contribution >= 0.6 is 0 Å². The van der Waals surface area contributed by atoms with Crippen molar-refractivity contribution in [3.8, 4) is 11.6 Å². The van der Waals surface area contributed by atoms with Crippen LogP contribution in [-0.4, -0.2) is 16.9 Å². The summed E-state index contributed by atoms with van der Waals surface area (Å²) < 4.78 is 18.4. The zero-order chi connectivity index (χ0) is 17.4. The number of pyridine rings is 1. The first-order valence-corrected chi connectivity index (χ1v) is 8.56. The van der Waals surface area contributed by atoms with Crippen LogP contribution in [0.4, 0.5) is 10.1 Å². The number of anilines is 1. The summed E-state index contributed by atoms with van der Waals surface area (Å²) in [7, 11) is 0. The van der Waals surface area contributed by atoms with E-state index in [2.05, 4.69) is 10.3 Å². The number of carbonyl (C=O) groups is 1. The van der Waals surface area contributed by atoms with Crippen LogP contribution in [0.1, 0.15) is 19.3 Å². The Kier molecular flexibility index (Phi) is 4.13. The first-order valence-electron chi connectivity index (χ1n) is 8.56. The van der Waals surface area contributed by atoms with Gasteiger partial charge in [-0.3, -0.25) is 4.79 Å². The van der Waals surface area contributed by atoms with E-state index >= 15 is 0 Å². The normalized spacial score (nSPS) is 27.3. The number of carbonyl (C=O) groups excluding carboxylic acids is 1. The molecule has 0 saturated heterocycles. The van der Waals surface area contributed by atoms with Crippen LogP contribution in [0.15, 0.2) is 42.6 Å². The lowest BCUT2D eigenvalue weighted by Crippen LogP contribution is -2.42. The lowest BCUT2D eigenvalue weighted by Gasteiger charge is -2.26. The van der Waals surface area contributed by atoms with Crippen LogP contribution in [0.5, 0.6) is 11.6 Å². The van der Waals surface area contributed by atoms with E-state index in [-0.39, 0.29) is 23.7 Å². The summed E-state index contributed by atoms with van der Waals surface area (Å²) >= 11 is 0. The third-order valence-corrected chi connectivity index (χ3v) is 5.32. The number of nitrogens with one attached hydrogen (secondary N) is 1. The number of ether oxygens (including phenoxy) is 1. The number of benzene rings is 1. The van der Waals surface area contributed by atoms with Crippen molar-refractivity contribution >= 4 is 11.6 Å². The first kappa shape index (κ1) is 16.0. The SMILES string of the molecule is NC1C2CCC(C2)C1C(=O)Nc1ccc(Oc2ccc(F)cc2)nc1. The predicted molar refractivity (Wildman–Crippen MR) is 91.6 cm³/mol. The molecule has 0 radical (unpaired) electrons. The molecule has 1 heterocycles. The fraction of sp³-hybridized carbons (Fsp3) is 0.368. The van der Waals surface area contributed by atoms with Gasteiger partial charge in [0.1, 0.15) is 11.6 Å². The molecule has 3 N–H and O–H groups in total. The lowest BCUT2D eigenvalue weighted by atomic mass is 9.84. The molecule has 6 heteroatoms. The van der Waals surface area contributed by atoms with E-state index in [0.29, 0.717) is 29.2 Å². The van der Waals surface area contributed by atoms with Crippen molar-refractivity contribution in [2.24, 2.45) is 23.5 Å². The van der Waals surface area contributed by atoms with Crippen molar-refractivity contribution in [3.05, 3.63) is 48.4 Å². The minimum absolute atomic E-state index is 0.0197. The topological polar surface area (TPSA) is 77.2 Å². The maximum absolute atomic E-state index is 12.9. The number of rotatable bonds is 4. The van der Waals surface area contributed by atoms with E-state index in [9.17, 15) is 9.18 Å². The summed E-state index contributed by atoms with van der Waals surface area (Å²) in [5, 5.41) is 2.91. The van der Waals surface area contributed by atoms with E-state index in [1.807, 2.05) is 0 Å². The van der Waals surface area contributed by atoms with E-state index in [4.69, 9.17) is 10.5 Å². The van der Waals surface area contributed by atoms with Crippen molar-refractivity contribution < 1.29 is 13.9 Å². The molecule has 0 aliphatic heterocycles. The van der Waals surface area contributed by atoms with Gasteiger partial charge in [-0.2, -0.15) is 0 Å². The van der Waals surface area contributed by atoms with Gasteiger partial charge in [-0.05, 0) is 61.4 Å². The van der Waals surface area contributed by atoms with Crippen molar-refractivity contribution in [2.45, 2.75) is 25.3 Å². The molecule has 4 rings (SSSR count). The molecule has 2 saturated carbocycles. The maximum Gasteiger partial charge on any atom is 0.229 e. The summed E-state index contributed by atoms with van der Waals surface area (Å²) in [6.45, 7) is 0. The second-order valence-corrected chi connectivity index (χ2v) is 6.87. The van der Waals surface area contributed by atoms with Crippen LogP contribution in [-0.2, 0) is 4.79 Å². The number of nitrogens with two attached hydrogens (primary N) is 1. The van der Waals surface area contributed by atoms with Crippen molar-refractivity contribution in [1.82, 2.24) is 4.98 Å². The number of amides is 1. The van der Waals surface area contributed by atoms with Gasteiger partial charge in [-0.1, -0.05) is 0 Å². The first-order chi connectivity index (χ1) is 12.1. The molecule has 4 unspecified atom stereocenters. The zero-order valence-corrected chi connectivity index (χ0v) is 13.7. The minimum atomic E-state index is -0.322. The molecule has 2 aliphatic carbocycles. The highest BCUT2D eigenvalue weighted by atomic mass is 19.1. The molecule has 1 aromatic heterocycles. The molecule has 1 aromatic carbocycles. The molecule has 2 fully saturated rings. The summed E-state index contributed by atoms with van der Waals surface area (Å²) in [4.78, 5) is 16.7. The number of aromatic nitrogens is 1. The molecular formula is C19H20FN3O2. The lowest BCUT2D eigenvalue weighted by molar-refractivity contribution is -0.121. The Balaban J connectivity index is 1.39. The smallest absolute Gasteiger partial charge is 0.229 e. The molecule has 2 aromatic rings. The molecule has 2 bridgehead atoms. The Morgan fingerprint density at radius 1 is 1.16 bits per heavy atom. The third-order valence-electron chi connectivity index (χ3n) is 5.32. The molecule has 130 valence electrons. The third kappa shape index (κ3) is 3.22. The quantitative estimate of drug-likeness (QED) is 0.894. The summed E-state index contributed by atoms with van der Waals surface area (Å²) in [6.07, 6.45) is 4.86. The largest absolute Gasteiger partial charge is 0.439 e. The van der Waals surface area contributed by atoms with E-state index in [1.165, 1.54) is 24.3 Å². The van der Waals surface area contributed by atoms with Gasteiger partial charge in [-0.15, -0.1) is 0 Å². The summed E-state index contributed by atoms with van der Waals surface area (Å²) in [5.41, 5.74) is 6.83. The molecule has 2 aliphatic rings. The molecule has 25 heavy (non-hydrogen) atoms. The van der Waals surface area contributed by atoms with Crippen LogP contribution in [0.25, 0.3) is 0 Å². The van der Waals surface area contributed by atoms with Gasteiger partial charge in [0.2, 0.25) is 11.8 Å². The van der Waals surface area contributed by atoms with E-state index < -0.39 is 0 Å². The Morgan fingerprint density at radius 2 is 1.92 bits per heavy atom. The molecular weight excluding hydrogens is 321 g/mol. The Hall–Kier alpha value is -2.47. The Bertz CT molecular complexity index is 761. The fourth-order valence-electron chi connectivity index (χ4n) is 4.09. The molecule has 4 atom stereocenters. The highest BCUT2D eigenvalue weighted by Gasteiger charge is 2.49. The predicted octanol–water partition coefficient (Wildman–Crippen LogP) is 3.32. The Morgan fingerprint density at radius 3 is 2.56 bits per heavy atom. The number of halogens is 1. The van der Waals surface area contributed by atoms with Crippen molar-refractivity contribution in [1.29, 1.82) is 0 Å². The highest BCUT2D eigenvalue weighted by molar-refractivity contribution is 5.93. The fourth-order valence-corrected chi connectivity index (χ4v) is 4.09. The monoisotopic (exact) mass is 341 g/mol. The molecule has 0 spiro atoms. The van der Waals surface area contributed by atoms with Gasteiger partial charge in [0.25, 0.3) is 0 Å². The van der Waals surface area contributed by atoms with Gasteiger partial charge in [-0.25, -0.2) is 9.37 Å². The van der Waals surface area contributed by atoms with Crippen LogP contribution in [0.3, 0.4) is 0 Å². The number of hydrogen-bond acceptors (Lipinski definition) is 4. The van der Waals surface area contributed by atoms with Gasteiger partial charge in [0.15, 0.2) is 0 Å². The average molecular weight is 341 g/mol. The summed E-state index contributed by atoms with van der Waals surface area (Å²) in [5.74, 6) is 1.33. The second-order valence-electron chi connectivity index (χ2n) is 6.87. The second kappa shape index (κ2) is 6.44.